The van der Waals surface area contributed by atoms with Crippen molar-refractivity contribution in [1.82, 2.24) is 9.80 Å². The van der Waals surface area contributed by atoms with Gasteiger partial charge in [0, 0.05) is 31.5 Å². The fourth-order valence-electron chi connectivity index (χ4n) is 6.55. The molecule has 4 bridgehead atoms. The molecule has 6 rings (SSSR count). The van der Waals surface area contributed by atoms with E-state index in [9.17, 15) is 9.59 Å². The molecule has 4 aliphatic carbocycles. The van der Waals surface area contributed by atoms with E-state index in [0.717, 1.165) is 31.6 Å². The maximum Gasteiger partial charge on any atom is 0.410 e. The molecule has 2 amide bonds. The molecule has 0 aromatic heterocycles. The molecule has 4 fully saturated rings. The van der Waals surface area contributed by atoms with E-state index in [1.807, 2.05) is 30.6 Å². The molecule has 2 saturated carbocycles. The molecule has 2 saturated heterocycles. The number of allylic oxidation sites excluding steroid dienone is 2. The molecule has 0 N–H and O–H groups in total. The number of hydrogen-bond acceptors (Lipinski definition) is 4. The lowest BCUT2D eigenvalue weighted by molar-refractivity contribution is -0.0437. The minimum absolute atomic E-state index is 0.0507. The van der Waals surface area contributed by atoms with E-state index in [1.165, 1.54) is 12.8 Å². The lowest BCUT2D eigenvalue weighted by Crippen LogP contribution is -2.50. The Morgan fingerprint density at radius 1 is 1.03 bits per heavy atom. The van der Waals surface area contributed by atoms with Crippen molar-refractivity contribution in [3.63, 3.8) is 0 Å². The van der Waals surface area contributed by atoms with Crippen LogP contribution in [0.4, 0.5) is 9.59 Å². The summed E-state index contributed by atoms with van der Waals surface area (Å²) in [6.45, 7) is 7.66. The quantitative estimate of drug-likeness (QED) is 0.617. The monoisotopic (exact) mass is 402 g/mol. The van der Waals surface area contributed by atoms with Crippen LogP contribution in [0.3, 0.4) is 0 Å². The zero-order chi connectivity index (χ0) is 20.3. The van der Waals surface area contributed by atoms with Gasteiger partial charge in [0.2, 0.25) is 0 Å². The average Bonchev–Trinajstić information content (AvgIpc) is 3.07. The second kappa shape index (κ2) is 6.92. The summed E-state index contributed by atoms with van der Waals surface area (Å²) in [5.41, 5.74) is 1.09. The molecule has 29 heavy (non-hydrogen) atoms. The number of carbonyl (C=O) groups excluding carboxylic acids is 2. The van der Waals surface area contributed by atoms with Gasteiger partial charge in [0.25, 0.3) is 0 Å². The third-order valence-corrected chi connectivity index (χ3v) is 7.56. The first-order valence-corrected chi connectivity index (χ1v) is 11.4. The van der Waals surface area contributed by atoms with Gasteiger partial charge in [-0.2, -0.15) is 0 Å². The van der Waals surface area contributed by atoms with Crippen LogP contribution in [-0.2, 0) is 9.47 Å². The fourth-order valence-corrected chi connectivity index (χ4v) is 6.55. The highest BCUT2D eigenvalue weighted by atomic mass is 16.6. The summed E-state index contributed by atoms with van der Waals surface area (Å²) in [7, 11) is 0. The third-order valence-electron chi connectivity index (χ3n) is 7.56. The van der Waals surface area contributed by atoms with E-state index in [-0.39, 0.29) is 24.3 Å². The van der Waals surface area contributed by atoms with E-state index < -0.39 is 5.60 Å². The van der Waals surface area contributed by atoms with E-state index in [2.05, 4.69) is 6.08 Å². The molecule has 0 aromatic carbocycles. The third kappa shape index (κ3) is 3.64. The van der Waals surface area contributed by atoms with Crippen molar-refractivity contribution in [1.29, 1.82) is 0 Å². The molecule has 2 unspecified atom stereocenters. The van der Waals surface area contributed by atoms with Gasteiger partial charge in [0.15, 0.2) is 0 Å². The Hall–Kier alpha value is -1.72. The van der Waals surface area contributed by atoms with Crippen LogP contribution in [0, 0.1) is 23.7 Å². The van der Waals surface area contributed by atoms with Gasteiger partial charge in [-0.3, -0.25) is 0 Å². The molecule has 2 aliphatic heterocycles. The highest BCUT2D eigenvalue weighted by Crippen LogP contribution is 2.51. The zero-order valence-electron chi connectivity index (χ0n) is 17.9. The van der Waals surface area contributed by atoms with Crippen LogP contribution in [0.25, 0.3) is 0 Å². The highest BCUT2D eigenvalue weighted by Gasteiger charge is 2.49. The second-order valence-corrected chi connectivity index (χ2v) is 10.9. The van der Waals surface area contributed by atoms with Crippen molar-refractivity contribution in [2.75, 3.05) is 19.6 Å². The minimum atomic E-state index is -0.504. The van der Waals surface area contributed by atoms with E-state index in [4.69, 9.17) is 9.47 Å². The van der Waals surface area contributed by atoms with Gasteiger partial charge in [0.05, 0.1) is 6.04 Å². The maximum absolute atomic E-state index is 13.0. The van der Waals surface area contributed by atoms with Crippen LogP contribution in [0.15, 0.2) is 11.6 Å². The number of likely N-dealkylation sites (tertiary alicyclic amines) is 2. The van der Waals surface area contributed by atoms with Crippen LogP contribution in [-0.4, -0.2) is 59.4 Å². The Morgan fingerprint density at radius 3 is 2.41 bits per heavy atom. The Balaban J connectivity index is 1.22. The number of hydrogen-bond donors (Lipinski definition) is 0. The SMILES string of the molecule is CC(C)(C)OC(=O)N1CCC[C@H]2CN(C(=O)OC3C4CC5=CC(C4)CC3C5)C[C@@H]21. The van der Waals surface area contributed by atoms with Gasteiger partial charge < -0.3 is 19.3 Å². The molecule has 160 valence electrons. The number of amides is 2. The minimum Gasteiger partial charge on any atom is -0.445 e. The van der Waals surface area contributed by atoms with Gasteiger partial charge in [-0.05, 0) is 71.1 Å². The van der Waals surface area contributed by atoms with E-state index in [1.54, 1.807) is 5.57 Å². The van der Waals surface area contributed by atoms with Crippen LogP contribution in [0.5, 0.6) is 0 Å². The number of carbonyl (C=O) groups is 2. The summed E-state index contributed by atoms with van der Waals surface area (Å²) in [5, 5.41) is 0. The molecule has 6 heteroatoms. The lowest BCUT2D eigenvalue weighted by atomic mass is 9.60. The smallest absolute Gasteiger partial charge is 0.410 e. The lowest BCUT2D eigenvalue weighted by Gasteiger charge is -2.49. The zero-order valence-corrected chi connectivity index (χ0v) is 17.9. The molecule has 0 spiro atoms. The van der Waals surface area contributed by atoms with Crippen LogP contribution >= 0.6 is 0 Å². The fraction of sp³-hybridized carbons (Fsp3) is 0.826. The Kier molecular flexibility index (Phi) is 4.59. The number of fused-ring (bicyclic) bond motifs is 1. The number of nitrogens with zero attached hydrogens (tertiary/aromatic N) is 2. The van der Waals surface area contributed by atoms with Crippen LogP contribution < -0.4 is 0 Å². The summed E-state index contributed by atoms with van der Waals surface area (Å²) < 4.78 is 11.7. The maximum atomic E-state index is 13.0. The van der Waals surface area contributed by atoms with Crippen molar-refractivity contribution in [3.8, 4) is 0 Å². The first kappa shape index (κ1) is 19.3. The summed E-state index contributed by atoms with van der Waals surface area (Å²) >= 11 is 0. The van der Waals surface area contributed by atoms with Gasteiger partial charge >= 0.3 is 12.2 Å². The van der Waals surface area contributed by atoms with Gasteiger partial charge in [0.1, 0.15) is 11.7 Å². The Bertz CT molecular complexity index is 709. The van der Waals surface area contributed by atoms with E-state index in [0.29, 0.717) is 37.4 Å². The normalized spacial score (nSPS) is 38.0. The average molecular weight is 403 g/mol. The van der Waals surface area contributed by atoms with Crippen molar-refractivity contribution < 1.29 is 19.1 Å². The van der Waals surface area contributed by atoms with Crippen molar-refractivity contribution >= 4 is 12.2 Å². The van der Waals surface area contributed by atoms with E-state index >= 15 is 0 Å². The summed E-state index contributed by atoms with van der Waals surface area (Å²) in [4.78, 5) is 29.4. The van der Waals surface area contributed by atoms with Gasteiger partial charge in [-0.1, -0.05) is 11.6 Å². The molecular formula is C23H34N2O4. The van der Waals surface area contributed by atoms with Gasteiger partial charge in [-0.15, -0.1) is 0 Å². The van der Waals surface area contributed by atoms with Crippen molar-refractivity contribution in [3.05, 3.63) is 11.6 Å². The summed E-state index contributed by atoms with van der Waals surface area (Å²) in [5.74, 6) is 2.07. The van der Waals surface area contributed by atoms with Crippen molar-refractivity contribution in [2.24, 2.45) is 23.7 Å². The first-order chi connectivity index (χ1) is 13.8. The van der Waals surface area contributed by atoms with Crippen molar-refractivity contribution in [2.45, 2.75) is 77.0 Å². The number of ether oxygens (including phenoxy) is 2. The molecule has 0 aromatic rings. The van der Waals surface area contributed by atoms with Crippen LogP contribution in [0.1, 0.15) is 59.3 Å². The summed E-state index contributed by atoms with van der Waals surface area (Å²) in [6, 6.07) is 0.0507. The first-order valence-electron chi connectivity index (χ1n) is 11.4. The topological polar surface area (TPSA) is 59.1 Å². The predicted octanol–water partition coefficient (Wildman–Crippen LogP) is 4.20. The molecule has 6 nitrogen and oxygen atoms in total. The molecular weight excluding hydrogens is 368 g/mol. The number of piperidine rings is 1. The molecule has 6 aliphatic rings. The number of rotatable bonds is 1. The molecule has 0 radical (unpaired) electrons. The summed E-state index contributed by atoms with van der Waals surface area (Å²) in [6.07, 6.45) is 8.73. The highest BCUT2D eigenvalue weighted by molar-refractivity contribution is 5.71. The van der Waals surface area contributed by atoms with Gasteiger partial charge in [-0.25, -0.2) is 9.59 Å². The second-order valence-electron chi connectivity index (χ2n) is 10.9. The molecule has 4 atom stereocenters. The standard InChI is InChI=1S/C23H34N2O4/c1-23(2,3)29-22(27)25-6-4-5-16-12-24(13-19(16)25)21(26)28-20-17-8-14-7-15(10-17)11-18(20)9-14/h7,14,16-20H,4-6,8-13H2,1-3H3/t14?,16-,17?,18?,19-,20?/m0/s1. The Morgan fingerprint density at radius 2 is 1.76 bits per heavy atom. The Labute approximate surface area is 173 Å². The predicted molar refractivity (Wildman–Crippen MR) is 108 cm³/mol. The largest absolute Gasteiger partial charge is 0.445 e. The van der Waals surface area contributed by atoms with Crippen LogP contribution in [0.2, 0.25) is 0 Å². The molecule has 2 heterocycles.